The first-order valence-corrected chi connectivity index (χ1v) is 9.21. The Morgan fingerprint density at radius 3 is 2.83 bits per heavy atom. The quantitative estimate of drug-likeness (QED) is 0.883. The molecule has 1 atom stereocenters. The van der Waals surface area contributed by atoms with E-state index < -0.39 is 0 Å². The second-order valence-corrected chi connectivity index (χ2v) is 7.48. The molecule has 0 radical (unpaired) electrons. The minimum atomic E-state index is -0.294. The monoisotopic (exact) mass is 344 g/mol. The summed E-state index contributed by atoms with van der Waals surface area (Å²) in [6, 6.07) is 5.19. The lowest BCUT2D eigenvalue weighted by atomic mass is 9.93. The molecular formula is C17H20N4O2S. The summed E-state index contributed by atoms with van der Waals surface area (Å²) < 4.78 is 0. The van der Waals surface area contributed by atoms with Crippen LogP contribution in [0.4, 0.5) is 0 Å². The Labute approximate surface area is 143 Å². The normalized spacial score (nSPS) is 21.6. The van der Waals surface area contributed by atoms with Crippen molar-refractivity contribution >= 4 is 17.2 Å². The molecular weight excluding hydrogens is 324 g/mol. The van der Waals surface area contributed by atoms with Gasteiger partial charge in [-0.2, -0.15) is 16.4 Å². The zero-order valence-electron chi connectivity index (χ0n) is 13.3. The predicted octanol–water partition coefficient (Wildman–Crippen LogP) is 1.62. The lowest BCUT2D eigenvalue weighted by molar-refractivity contribution is 0.0685. The largest absolute Gasteiger partial charge is 0.329 e. The third-order valence-corrected chi connectivity index (χ3v) is 5.95. The van der Waals surface area contributed by atoms with Crippen LogP contribution in [0.2, 0.25) is 0 Å². The van der Waals surface area contributed by atoms with Crippen LogP contribution in [0.1, 0.15) is 35.3 Å². The Balaban J connectivity index is 1.59. The van der Waals surface area contributed by atoms with Crippen molar-refractivity contribution < 1.29 is 4.79 Å². The molecule has 1 aliphatic heterocycles. The van der Waals surface area contributed by atoms with E-state index in [9.17, 15) is 9.59 Å². The van der Waals surface area contributed by atoms with E-state index in [1.165, 1.54) is 12.1 Å². The number of nitrogens with one attached hydrogen (secondary N) is 2. The van der Waals surface area contributed by atoms with Gasteiger partial charge in [0, 0.05) is 18.7 Å². The number of piperidine rings is 1. The first-order chi connectivity index (χ1) is 11.7. The first-order valence-electron chi connectivity index (χ1n) is 8.26. The van der Waals surface area contributed by atoms with Crippen LogP contribution in [-0.2, 0) is 6.54 Å². The molecule has 1 amide bonds. The summed E-state index contributed by atoms with van der Waals surface area (Å²) in [6.45, 7) is 2.64. The van der Waals surface area contributed by atoms with Gasteiger partial charge in [-0.15, -0.1) is 0 Å². The van der Waals surface area contributed by atoms with Gasteiger partial charge < -0.3 is 10.2 Å². The zero-order chi connectivity index (χ0) is 16.6. The van der Waals surface area contributed by atoms with Crippen LogP contribution in [0.3, 0.4) is 0 Å². The van der Waals surface area contributed by atoms with E-state index in [0.717, 1.165) is 37.9 Å². The molecule has 2 aliphatic rings. The average molecular weight is 344 g/mol. The highest BCUT2D eigenvalue weighted by atomic mass is 32.1. The van der Waals surface area contributed by atoms with Crippen LogP contribution in [0, 0.1) is 5.41 Å². The molecule has 0 bridgehead atoms. The lowest BCUT2D eigenvalue weighted by Crippen LogP contribution is -2.39. The summed E-state index contributed by atoms with van der Waals surface area (Å²) in [6.07, 6.45) is 3.29. The Hall–Kier alpha value is -1.99. The van der Waals surface area contributed by atoms with E-state index >= 15 is 0 Å². The van der Waals surface area contributed by atoms with E-state index in [1.807, 2.05) is 10.3 Å². The Bertz CT molecular complexity index is 760. The van der Waals surface area contributed by atoms with Crippen molar-refractivity contribution in [1.82, 2.24) is 20.4 Å². The molecule has 1 saturated carbocycles. The van der Waals surface area contributed by atoms with Gasteiger partial charge in [-0.25, -0.2) is 5.10 Å². The molecule has 24 heavy (non-hydrogen) atoms. The van der Waals surface area contributed by atoms with Gasteiger partial charge in [0.05, 0.1) is 0 Å². The van der Waals surface area contributed by atoms with E-state index in [-0.39, 0.29) is 22.9 Å². The van der Waals surface area contributed by atoms with Gasteiger partial charge in [0.2, 0.25) is 0 Å². The second-order valence-electron chi connectivity index (χ2n) is 6.70. The van der Waals surface area contributed by atoms with Gasteiger partial charge in [0.15, 0.2) is 0 Å². The van der Waals surface area contributed by atoms with Crippen molar-refractivity contribution in [2.75, 3.05) is 13.1 Å². The number of aromatic amines is 1. The number of H-pyrrole nitrogens is 1. The summed E-state index contributed by atoms with van der Waals surface area (Å²) in [4.78, 5) is 26.2. The highest BCUT2D eigenvalue weighted by Gasteiger charge is 2.57. The highest BCUT2D eigenvalue weighted by Crippen LogP contribution is 2.56. The summed E-state index contributed by atoms with van der Waals surface area (Å²) in [5, 5.41) is 13.8. The molecule has 2 aromatic rings. The zero-order valence-corrected chi connectivity index (χ0v) is 14.1. The fraction of sp³-hybridized carbons (Fsp3) is 0.471. The molecule has 2 aromatic heterocycles. The number of hydrogen-bond acceptors (Lipinski definition) is 5. The topological polar surface area (TPSA) is 78.1 Å². The molecule has 2 N–H and O–H groups in total. The van der Waals surface area contributed by atoms with Crippen molar-refractivity contribution in [3.05, 3.63) is 50.6 Å². The van der Waals surface area contributed by atoms with Crippen LogP contribution < -0.4 is 10.9 Å². The second kappa shape index (κ2) is 6.14. The van der Waals surface area contributed by atoms with Gasteiger partial charge in [-0.3, -0.25) is 9.59 Å². The molecule has 4 rings (SSSR count). The molecule has 1 saturated heterocycles. The van der Waals surface area contributed by atoms with Crippen LogP contribution in [0.5, 0.6) is 0 Å². The molecule has 0 unspecified atom stereocenters. The summed E-state index contributed by atoms with van der Waals surface area (Å²) in [5.41, 5.74) is 1.42. The van der Waals surface area contributed by atoms with Crippen molar-refractivity contribution in [3.63, 3.8) is 0 Å². The molecule has 6 nitrogen and oxygen atoms in total. The van der Waals surface area contributed by atoms with E-state index in [1.54, 1.807) is 11.3 Å². The minimum Gasteiger partial charge on any atom is -0.329 e. The molecule has 126 valence electrons. The predicted molar refractivity (Wildman–Crippen MR) is 92.0 cm³/mol. The third-order valence-electron chi connectivity index (χ3n) is 5.21. The third kappa shape index (κ3) is 2.89. The van der Waals surface area contributed by atoms with Crippen LogP contribution in [-0.4, -0.2) is 40.1 Å². The number of carbonyl (C=O) groups excluding carboxylic acids is 1. The Morgan fingerprint density at radius 1 is 1.33 bits per heavy atom. The summed E-state index contributed by atoms with van der Waals surface area (Å²) >= 11 is 1.64. The smallest absolute Gasteiger partial charge is 0.274 e. The van der Waals surface area contributed by atoms with E-state index in [2.05, 4.69) is 27.0 Å². The molecule has 0 aromatic carbocycles. The van der Waals surface area contributed by atoms with Crippen molar-refractivity contribution in [2.45, 2.75) is 31.8 Å². The van der Waals surface area contributed by atoms with Crippen molar-refractivity contribution in [3.8, 4) is 0 Å². The highest BCUT2D eigenvalue weighted by molar-refractivity contribution is 7.07. The van der Waals surface area contributed by atoms with Gasteiger partial charge in [0.25, 0.3) is 11.5 Å². The fourth-order valence-electron chi connectivity index (χ4n) is 3.74. The van der Waals surface area contributed by atoms with Gasteiger partial charge >= 0.3 is 0 Å². The maximum Gasteiger partial charge on any atom is 0.274 e. The Morgan fingerprint density at radius 2 is 2.17 bits per heavy atom. The lowest BCUT2D eigenvalue weighted by Gasteiger charge is -2.29. The SMILES string of the molecule is O=C(c1ccc(=O)[nH]n1)N(Cc1ccsc1)[C@@H]1CC12CCNCC2. The first kappa shape index (κ1) is 15.5. The molecule has 1 spiro atoms. The number of aromatic nitrogens is 2. The van der Waals surface area contributed by atoms with Gasteiger partial charge in [-0.1, -0.05) is 0 Å². The van der Waals surface area contributed by atoms with E-state index in [0.29, 0.717) is 12.2 Å². The van der Waals surface area contributed by atoms with Crippen LogP contribution in [0.15, 0.2) is 33.8 Å². The maximum absolute atomic E-state index is 13.0. The fourth-order valence-corrected chi connectivity index (χ4v) is 4.40. The number of hydrogen-bond donors (Lipinski definition) is 2. The minimum absolute atomic E-state index is 0.0992. The number of thiophene rings is 1. The van der Waals surface area contributed by atoms with E-state index in [4.69, 9.17) is 0 Å². The van der Waals surface area contributed by atoms with Gasteiger partial charge in [-0.05, 0) is 66.2 Å². The molecule has 2 fully saturated rings. The molecule has 1 aliphatic carbocycles. The number of amides is 1. The number of carbonyl (C=O) groups is 1. The molecule has 7 heteroatoms. The summed E-state index contributed by atoms with van der Waals surface area (Å²) in [7, 11) is 0. The number of rotatable bonds is 4. The van der Waals surface area contributed by atoms with Gasteiger partial charge in [0.1, 0.15) is 5.69 Å². The van der Waals surface area contributed by atoms with Crippen LogP contribution in [0.25, 0.3) is 0 Å². The average Bonchev–Trinajstić information content (AvgIpc) is 3.04. The van der Waals surface area contributed by atoms with Crippen molar-refractivity contribution in [1.29, 1.82) is 0 Å². The maximum atomic E-state index is 13.0. The molecule has 3 heterocycles. The summed E-state index contributed by atoms with van der Waals surface area (Å²) in [5.74, 6) is -0.0992. The number of nitrogens with zero attached hydrogens (tertiary/aromatic N) is 2. The Kier molecular flexibility index (Phi) is 3.97. The van der Waals surface area contributed by atoms with Crippen LogP contribution >= 0.6 is 11.3 Å². The standard InChI is InChI=1S/C17H20N4O2S/c22-15-2-1-13(19-20-15)16(23)21(10-12-3-8-24-11-12)14-9-17(14)4-6-18-7-5-17/h1-3,8,11,14,18H,4-7,9-10H2,(H,20,22)/t14-/m1/s1. The van der Waals surface area contributed by atoms with Crippen molar-refractivity contribution in [2.24, 2.45) is 5.41 Å².